The molecule has 1 aliphatic carbocycles. The molecule has 3 aliphatic rings. The fourth-order valence-electron chi connectivity index (χ4n) is 5.05. The molecule has 1 aromatic rings. The zero-order valence-corrected chi connectivity index (χ0v) is 19.1. The van der Waals surface area contributed by atoms with Gasteiger partial charge in [-0.2, -0.15) is 0 Å². The van der Waals surface area contributed by atoms with E-state index in [1.165, 1.54) is 33.4 Å². The molecule has 1 aromatic carbocycles. The molecule has 1 unspecified atom stereocenters. The van der Waals surface area contributed by atoms with Crippen molar-refractivity contribution in [3.63, 3.8) is 0 Å². The third-order valence-electron chi connectivity index (χ3n) is 7.03. The average molecular weight is 416 g/mol. The van der Waals surface area contributed by atoms with Gasteiger partial charge in [-0.05, 0) is 67.0 Å². The molecule has 3 heteroatoms. The van der Waals surface area contributed by atoms with Crippen molar-refractivity contribution in [2.75, 3.05) is 39.8 Å². The zero-order valence-electron chi connectivity index (χ0n) is 19.1. The fraction of sp³-hybridized carbons (Fsp3) is 0.429. The van der Waals surface area contributed by atoms with Crippen molar-refractivity contribution in [3.8, 4) is 0 Å². The van der Waals surface area contributed by atoms with Crippen LogP contribution in [0.25, 0.3) is 11.3 Å². The maximum absolute atomic E-state index is 4.49. The van der Waals surface area contributed by atoms with Gasteiger partial charge in [0.2, 0.25) is 0 Å². The number of hydrogen-bond acceptors (Lipinski definition) is 3. The normalized spacial score (nSPS) is 25.4. The van der Waals surface area contributed by atoms with E-state index >= 15 is 0 Å². The lowest BCUT2D eigenvalue weighted by Crippen LogP contribution is -2.48. The van der Waals surface area contributed by atoms with Crippen LogP contribution in [-0.4, -0.2) is 55.6 Å². The Labute approximate surface area is 188 Å². The summed E-state index contributed by atoms with van der Waals surface area (Å²) in [4.78, 5) is 5.06. The first-order chi connectivity index (χ1) is 15.0. The number of allylic oxidation sites excluding steroid dienone is 4. The van der Waals surface area contributed by atoms with Gasteiger partial charge >= 0.3 is 0 Å². The molecule has 1 N–H and O–H groups in total. The summed E-state index contributed by atoms with van der Waals surface area (Å²) in [5.74, 6) is 0. The number of fused-ring (bicyclic) bond motifs is 1. The van der Waals surface area contributed by atoms with E-state index in [1.807, 2.05) is 0 Å². The van der Waals surface area contributed by atoms with Crippen molar-refractivity contribution in [3.05, 3.63) is 84.0 Å². The van der Waals surface area contributed by atoms with Gasteiger partial charge in [0.05, 0.1) is 0 Å². The minimum absolute atomic E-state index is 0.514. The Morgan fingerprint density at radius 2 is 1.90 bits per heavy atom. The predicted molar refractivity (Wildman–Crippen MR) is 134 cm³/mol. The highest BCUT2D eigenvalue weighted by Crippen LogP contribution is 2.33. The predicted octanol–water partition coefficient (Wildman–Crippen LogP) is 5.05. The Kier molecular flexibility index (Phi) is 6.94. The Morgan fingerprint density at radius 1 is 1.10 bits per heavy atom. The highest BCUT2D eigenvalue weighted by atomic mass is 15.3. The molecule has 0 radical (unpaired) electrons. The summed E-state index contributed by atoms with van der Waals surface area (Å²) < 4.78 is 0. The van der Waals surface area contributed by atoms with E-state index in [2.05, 4.69) is 78.3 Å². The molecule has 0 saturated carbocycles. The Hall–Kier alpha value is -2.36. The van der Waals surface area contributed by atoms with Gasteiger partial charge in [-0.3, -0.25) is 4.90 Å². The number of nitrogens with zero attached hydrogens (tertiary/aromatic N) is 2. The quantitative estimate of drug-likeness (QED) is 0.679. The zero-order chi connectivity index (χ0) is 21.8. The van der Waals surface area contributed by atoms with Crippen LogP contribution in [-0.2, 0) is 6.42 Å². The summed E-state index contributed by atoms with van der Waals surface area (Å²) >= 11 is 0. The molecule has 0 spiro atoms. The van der Waals surface area contributed by atoms with Crippen LogP contribution in [0.2, 0.25) is 0 Å². The van der Waals surface area contributed by atoms with Crippen LogP contribution >= 0.6 is 0 Å². The second kappa shape index (κ2) is 9.84. The number of piperazine rings is 1. The highest BCUT2D eigenvalue weighted by Gasteiger charge is 2.21. The molecule has 2 aliphatic heterocycles. The van der Waals surface area contributed by atoms with Crippen molar-refractivity contribution in [1.82, 2.24) is 15.1 Å². The summed E-state index contributed by atoms with van der Waals surface area (Å²) in [6.07, 6.45) is 12.4. The topological polar surface area (TPSA) is 18.5 Å². The van der Waals surface area contributed by atoms with Crippen LogP contribution in [0.5, 0.6) is 0 Å². The number of rotatable bonds is 5. The molecule has 4 rings (SSSR count). The van der Waals surface area contributed by atoms with Crippen molar-refractivity contribution in [1.29, 1.82) is 0 Å². The summed E-state index contributed by atoms with van der Waals surface area (Å²) in [6.45, 7) is 18.7. The Morgan fingerprint density at radius 3 is 2.71 bits per heavy atom. The third kappa shape index (κ3) is 5.11. The molecule has 2 heterocycles. The van der Waals surface area contributed by atoms with Crippen LogP contribution in [0.1, 0.15) is 42.4 Å². The van der Waals surface area contributed by atoms with E-state index in [0.29, 0.717) is 6.04 Å². The van der Waals surface area contributed by atoms with Crippen LogP contribution in [0, 0.1) is 0 Å². The van der Waals surface area contributed by atoms with Gasteiger partial charge < -0.3 is 10.2 Å². The number of likely N-dealkylation sites (N-methyl/N-ethyl adjacent to an activating group) is 1. The van der Waals surface area contributed by atoms with Gasteiger partial charge in [0.15, 0.2) is 0 Å². The number of benzene rings is 1. The minimum Gasteiger partial charge on any atom is -0.385 e. The highest BCUT2D eigenvalue weighted by molar-refractivity contribution is 5.76. The van der Waals surface area contributed by atoms with E-state index in [-0.39, 0.29) is 0 Å². The summed E-state index contributed by atoms with van der Waals surface area (Å²) in [7, 11) is 2.22. The first-order valence-electron chi connectivity index (χ1n) is 11.7. The smallest absolute Gasteiger partial charge is 0.0343 e. The number of nitrogens with one attached hydrogen (secondary N) is 1. The molecule has 0 aromatic heterocycles. The van der Waals surface area contributed by atoms with Crippen molar-refractivity contribution < 1.29 is 0 Å². The SMILES string of the molecule is C=C(CC(=C)c1cccc2c1CCNC2=C)/C1=C/CC(N2CCN(C)CC2)/C=C\CC1. The lowest BCUT2D eigenvalue weighted by molar-refractivity contribution is 0.130. The molecule has 164 valence electrons. The lowest BCUT2D eigenvalue weighted by Gasteiger charge is -2.37. The van der Waals surface area contributed by atoms with Crippen LogP contribution in [0.3, 0.4) is 0 Å². The summed E-state index contributed by atoms with van der Waals surface area (Å²) in [5, 5.41) is 3.38. The van der Waals surface area contributed by atoms with Gasteiger partial charge in [-0.25, -0.2) is 0 Å². The summed E-state index contributed by atoms with van der Waals surface area (Å²) in [6, 6.07) is 7.02. The molecule has 1 fully saturated rings. The van der Waals surface area contributed by atoms with E-state index in [9.17, 15) is 0 Å². The van der Waals surface area contributed by atoms with Gasteiger partial charge in [-0.15, -0.1) is 0 Å². The monoisotopic (exact) mass is 415 g/mol. The second-order valence-electron chi connectivity index (χ2n) is 9.21. The lowest BCUT2D eigenvalue weighted by atomic mass is 9.86. The van der Waals surface area contributed by atoms with Crippen LogP contribution in [0.15, 0.2) is 67.3 Å². The first kappa shape index (κ1) is 21.9. The number of hydrogen-bond donors (Lipinski definition) is 1. The maximum Gasteiger partial charge on any atom is 0.0343 e. The van der Waals surface area contributed by atoms with Crippen molar-refractivity contribution in [2.45, 2.75) is 38.1 Å². The molecule has 0 amide bonds. The van der Waals surface area contributed by atoms with E-state index < -0.39 is 0 Å². The molecule has 1 saturated heterocycles. The molecule has 31 heavy (non-hydrogen) atoms. The standard InChI is InChI=1S/C28H37N3/c1-21(20-22(2)26-10-7-11-27-23(3)29-15-14-28(26)27)24-8-5-6-9-25(13-12-24)31-18-16-30(4)17-19-31/h6-7,9-12,25,29H,1-3,5,8,13-20H2,4H3/b9-6-,24-12+. The molecule has 0 bridgehead atoms. The van der Waals surface area contributed by atoms with Gasteiger partial charge in [0.1, 0.15) is 0 Å². The van der Waals surface area contributed by atoms with E-state index in [4.69, 9.17) is 0 Å². The minimum atomic E-state index is 0.514. The largest absolute Gasteiger partial charge is 0.385 e. The van der Waals surface area contributed by atoms with Gasteiger partial charge in [0.25, 0.3) is 0 Å². The van der Waals surface area contributed by atoms with E-state index in [0.717, 1.165) is 70.5 Å². The molecule has 3 nitrogen and oxygen atoms in total. The van der Waals surface area contributed by atoms with Crippen molar-refractivity contribution >= 4 is 11.3 Å². The third-order valence-corrected chi connectivity index (χ3v) is 7.03. The Bertz CT molecular complexity index is 912. The molecular formula is C28H37N3. The van der Waals surface area contributed by atoms with Crippen molar-refractivity contribution in [2.24, 2.45) is 0 Å². The summed E-state index contributed by atoms with van der Waals surface area (Å²) in [5.41, 5.74) is 8.74. The maximum atomic E-state index is 4.49. The fourth-order valence-corrected chi connectivity index (χ4v) is 5.05. The van der Waals surface area contributed by atoms with Crippen LogP contribution in [0.4, 0.5) is 0 Å². The average Bonchev–Trinajstić information content (AvgIpc) is 2.74. The van der Waals surface area contributed by atoms with E-state index in [1.54, 1.807) is 0 Å². The molecule has 1 atom stereocenters. The first-order valence-corrected chi connectivity index (χ1v) is 11.7. The van der Waals surface area contributed by atoms with Crippen LogP contribution < -0.4 is 5.32 Å². The second-order valence-corrected chi connectivity index (χ2v) is 9.21. The molecular weight excluding hydrogens is 378 g/mol. The van der Waals surface area contributed by atoms with Gasteiger partial charge in [-0.1, -0.05) is 56.2 Å². The Balaban J connectivity index is 1.43. The van der Waals surface area contributed by atoms with Gasteiger partial charge in [0, 0.05) is 50.0 Å².